The average Bonchev–Trinajstić information content (AvgIpc) is 2.46. The van der Waals surface area contributed by atoms with E-state index in [0.29, 0.717) is 23.2 Å². The minimum absolute atomic E-state index is 0.0573. The van der Waals surface area contributed by atoms with E-state index in [9.17, 15) is 4.79 Å². The molecule has 2 aliphatic rings. The third-order valence-electron chi connectivity index (χ3n) is 4.60. The van der Waals surface area contributed by atoms with Gasteiger partial charge in [-0.15, -0.1) is 0 Å². The second-order valence-corrected chi connectivity index (χ2v) is 6.28. The van der Waals surface area contributed by atoms with Crippen LogP contribution in [-0.4, -0.2) is 25.6 Å². The quantitative estimate of drug-likeness (QED) is 0.821. The van der Waals surface area contributed by atoms with Gasteiger partial charge in [-0.1, -0.05) is 19.8 Å². The molecule has 21 heavy (non-hydrogen) atoms. The van der Waals surface area contributed by atoms with E-state index in [1.807, 2.05) is 12.1 Å². The van der Waals surface area contributed by atoms with Crippen LogP contribution < -0.4 is 20.7 Å². The van der Waals surface area contributed by atoms with E-state index in [-0.39, 0.29) is 12.5 Å². The van der Waals surface area contributed by atoms with Gasteiger partial charge in [0.2, 0.25) is 0 Å². The number of hydrogen-bond donors (Lipinski definition) is 2. The highest BCUT2D eigenvalue weighted by atomic mass is 16.5. The SMILES string of the molecule is CC1CCCC(N(C)c2cc3c(cc2N)OCC(=O)N3)C1. The average molecular weight is 289 g/mol. The minimum atomic E-state index is -0.118. The number of nitrogens with zero attached hydrogens (tertiary/aromatic N) is 1. The van der Waals surface area contributed by atoms with E-state index in [0.717, 1.165) is 11.6 Å². The summed E-state index contributed by atoms with van der Waals surface area (Å²) >= 11 is 0. The molecule has 114 valence electrons. The van der Waals surface area contributed by atoms with Crippen molar-refractivity contribution in [1.82, 2.24) is 0 Å². The number of nitrogens with one attached hydrogen (secondary N) is 1. The standard InChI is InChI=1S/C16H23N3O2/c1-10-4-3-5-11(6-10)19(2)14-8-13-15(7-12(14)17)21-9-16(20)18-13/h7-8,10-11H,3-6,9,17H2,1-2H3,(H,18,20). The second-order valence-electron chi connectivity index (χ2n) is 6.28. The predicted octanol–water partition coefficient (Wildman–Crippen LogP) is 2.61. The molecule has 1 aliphatic heterocycles. The van der Waals surface area contributed by atoms with Crippen molar-refractivity contribution in [3.05, 3.63) is 12.1 Å². The van der Waals surface area contributed by atoms with Gasteiger partial charge in [0, 0.05) is 19.2 Å². The van der Waals surface area contributed by atoms with Crippen molar-refractivity contribution < 1.29 is 9.53 Å². The Kier molecular flexibility index (Phi) is 3.66. The van der Waals surface area contributed by atoms with Gasteiger partial charge in [-0.3, -0.25) is 4.79 Å². The zero-order valence-electron chi connectivity index (χ0n) is 12.7. The summed E-state index contributed by atoms with van der Waals surface area (Å²) < 4.78 is 5.40. The van der Waals surface area contributed by atoms with Gasteiger partial charge in [-0.2, -0.15) is 0 Å². The number of amides is 1. The fourth-order valence-electron chi connectivity index (χ4n) is 3.39. The van der Waals surface area contributed by atoms with Crippen LogP contribution in [0.3, 0.4) is 0 Å². The lowest BCUT2D eigenvalue weighted by Gasteiger charge is -2.36. The topological polar surface area (TPSA) is 67.6 Å². The molecule has 1 heterocycles. The molecule has 3 rings (SSSR count). The number of carbonyl (C=O) groups is 1. The molecule has 0 aromatic heterocycles. The first-order valence-electron chi connectivity index (χ1n) is 7.63. The van der Waals surface area contributed by atoms with E-state index in [2.05, 4.69) is 24.2 Å². The van der Waals surface area contributed by atoms with Crippen molar-refractivity contribution >= 4 is 23.0 Å². The zero-order chi connectivity index (χ0) is 15.0. The van der Waals surface area contributed by atoms with Crippen LogP contribution in [-0.2, 0) is 4.79 Å². The molecule has 1 fully saturated rings. The highest BCUT2D eigenvalue weighted by molar-refractivity contribution is 5.97. The lowest BCUT2D eigenvalue weighted by Crippen LogP contribution is -2.36. The molecule has 1 aliphatic carbocycles. The maximum absolute atomic E-state index is 11.5. The Balaban J connectivity index is 1.87. The Bertz CT molecular complexity index is 559. The lowest BCUT2D eigenvalue weighted by atomic mass is 9.86. The number of nitrogen functional groups attached to an aromatic ring is 1. The number of benzene rings is 1. The van der Waals surface area contributed by atoms with Crippen LogP contribution in [0.4, 0.5) is 17.1 Å². The Morgan fingerprint density at radius 3 is 2.95 bits per heavy atom. The number of hydrogen-bond acceptors (Lipinski definition) is 4. The van der Waals surface area contributed by atoms with Crippen molar-refractivity contribution in [2.75, 3.05) is 29.6 Å². The van der Waals surface area contributed by atoms with Crippen molar-refractivity contribution in [1.29, 1.82) is 0 Å². The normalized spacial score (nSPS) is 24.8. The number of anilines is 3. The number of rotatable bonds is 2. The first-order chi connectivity index (χ1) is 10.0. The minimum Gasteiger partial charge on any atom is -0.482 e. The van der Waals surface area contributed by atoms with Crippen LogP contribution in [0.1, 0.15) is 32.6 Å². The number of carbonyl (C=O) groups excluding carboxylic acids is 1. The van der Waals surface area contributed by atoms with Gasteiger partial charge in [0.05, 0.1) is 17.1 Å². The van der Waals surface area contributed by atoms with Gasteiger partial charge in [0.15, 0.2) is 6.61 Å². The maximum atomic E-state index is 11.5. The highest BCUT2D eigenvalue weighted by Gasteiger charge is 2.25. The predicted molar refractivity (Wildman–Crippen MR) is 84.8 cm³/mol. The number of ether oxygens (including phenoxy) is 1. The van der Waals surface area contributed by atoms with Crippen LogP contribution in [0.25, 0.3) is 0 Å². The van der Waals surface area contributed by atoms with Crippen molar-refractivity contribution in [2.45, 2.75) is 38.6 Å². The number of nitrogens with two attached hydrogens (primary N) is 1. The van der Waals surface area contributed by atoms with E-state index in [1.165, 1.54) is 25.7 Å². The summed E-state index contributed by atoms with van der Waals surface area (Å²) in [5, 5.41) is 2.85. The highest BCUT2D eigenvalue weighted by Crippen LogP contribution is 2.39. The van der Waals surface area contributed by atoms with Crippen LogP contribution in [0.5, 0.6) is 5.75 Å². The summed E-state index contributed by atoms with van der Waals surface area (Å²) in [7, 11) is 2.09. The smallest absolute Gasteiger partial charge is 0.262 e. The third-order valence-corrected chi connectivity index (χ3v) is 4.60. The molecule has 0 radical (unpaired) electrons. The molecule has 1 aromatic rings. The van der Waals surface area contributed by atoms with E-state index >= 15 is 0 Å². The van der Waals surface area contributed by atoms with Crippen molar-refractivity contribution in [3.63, 3.8) is 0 Å². The summed E-state index contributed by atoms with van der Waals surface area (Å²) in [6.07, 6.45) is 4.96. The first-order valence-corrected chi connectivity index (χ1v) is 7.63. The van der Waals surface area contributed by atoms with Gasteiger partial charge < -0.3 is 20.7 Å². The third kappa shape index (κ3) is 2.77. The van der Waals surface area contributed by atoms with Crippen LogP contribution in [0, 0.1) is 5.92 Å². The van der Waals surface area contributed by atoms with Gasteiger partial charge in [-0.05, 0) is 24.8 Å². The van der Waals surface area contributed by atoms with Gasteiger partial charge in [0.25, 0.3) is 5.91 Å². The summed E-state index contributed by atoms with van der Waals surface area (Å²) in [5.41, 5.74) is 8.57. The largest absolute Gasteiger partial charge is 0.482 e. The molecule has 1 amide bonds. The number of fused-ring (bicyclic) bond motifs is 1. The molecule has 2 unspecified atom stereocenters. The van der Waals surface area contributed by atoms with E-state index < -0.39 is 0 Å². The summed E-state index contributed by atoms with van der Waals surface area (Å²) in [4.78, 5) is 13.7. The molecule has 0 saturated heterocycles. The first kappa shape index (κ1) is 14.0. The van der Waals surface area contributed by atoms with E-state index in [1.54, 1.807) is 0 Å². The maximum Gasteiger partial charge on any atom is 0.262 e. The van der Waals surface area contributed by atoms with E-state index in [4.69, 9.17) is 10.5 Å². The Labute approximate surface area is 125 Å². The molecule has 5 heteroatoms. The van der Waals surface area contributed by atoms with Crippen molar-refractivity contribution in [2.24, 2.45) is 5.92 Å². The molecular weight excluding hydrogens is 266 g/mol. The summed E-state index contributed by atoms with van der Waals surface area (Å²) in [6.45, 7) is 2.37. The monoisotopic (exact) mass is 289 g/mol. The molecule has 3 N–H and O–H groups in total. The van der Waals surface area contributed by atoms with Gasteiger partial charge >= 0.3 is 0 Å². The lowest BCUT2D eigenvalue weighted by molar-refractivity contribution is -0.118. The Hall–Kier alpha value is -1.91. The molecule has 1 saturated carbocycles. The van der Waals surface area contributed by atoms with Gasteiger partial charge in [-0.25, -0.2) is 0 Å². The fraction of sp³-hybridized carbons (Fsp3) is 0.562. The van der Waals surface area contributed by atoms with Crippen LogP contribution in [0.15, 0.2) is 12.1 Å². The molecule has 2 atom stereocenters. The van der Waals surface area contributed by atoms with Crippen molar-refractivity contribution in [3.8, 4) is 5.75 Å². The molecule has 5 nitrogen and oxygen atoms in total. The fourth-order valence-corrected chi connectivity index (χ4v) is 3.39. The molecule has 0 spiro atoms. The molecule has 1 aromatic carbocycles. The molecular formula is C16H23N3O2. The second kappa shape index (κ2) is 5.47. The zero-order valence-corrected chi connectivity index (χ0v) is 12.7. The van der Waals surface area contributed by atoms with Crippen LogP contribution in [0.2, 0.25) is 0 Å². The van der Waals surface area contributed by atoms with Crippen LogP contribution >= 0.6 is 0 Å². The molecule has 0 bridgehead atoms. The summed E-state index contributed by atoms with van der Waals surface area (Å²) in [5.74, 6) is 1.29. The van der Waals surface area contributed by atoms with Gasteiger partial charge in [0.1, 0.15) is 5.75 Å². The summed E-state index contributed by atoms with van der Waals surface area (Å²) in [6, 6.07) is 4.25. The Morgan fingerprint density at radius 1 is 1.38 bits per heavy atom. The Morgan fingerprint density at radius 2 is 2.19 bits per heavy atom.